The van der Waals surface area contributed by atoms with Crippen LogP contribution in [0.2, 0.25) is 0 Å². The normalized spacial score (nSPS) is 10.4. The third-order valence-corrected chi connectivity index (χ3v) is 4.66. The molecular formula is C21H23BrFNO3. The van der Waals surface area contributed by atoms with Crippen molar-refractivity contribution >= 4 is 21.8 Å². The van der Waals surface area contributed by atoms with Crippen molar-refractivity contribution in [3.05, 3.63) is 70.5 Å². The molecule has 0 N–H and O–H groups in total. The van der Waals surface area contributed by atoms with E-state index in [4.69, 9.17) is 9.47 Å². The molecule has 0 unspecified atom stereocenters. The molecule has 0 aromatic heterocycles. The number of para-hydroxylation sites is 1. The van der Waals surface area contributed by atoms with Crippen molar-refractivity contribution in [2.75, 3.05) is 20.8 Å². The van der Waals surface area contributed by atoms with E-state index >= 15 is 0 Å². The summed E-state index contributed by atoms with van der Waals surface area (Å²) in [5, 5.41) is 0. The molecule has 0 saturated heterocycles. The lowest BCUT2D eigenvalue weighted by molar-refractivity contribution is -0.131. The zero-order valence-corrected chi connectivity index (χ0v) is 17.1. The average molecular weight is 436 g/mol. The van der Waals surface area contributed by atoms with Crippen LogP contribution in [0.3, 0.4) is 0 Å². The van der Waals surface area contributed by atoms with Crippen LogP contribution in [0.5, 0.6) is 11.5 Å². The number of hydrogen-bond donors (Lipinski definition) is 0. The van der Waals surface area contributed by atoms with Gasteiger partial charge in [0.2, 0.25) is 5.91 Å². The first-order chi connectivity index (χ1) is 13.0. The largest absolute Gasteiger partial charge is 0.493 e. The molecule has 0 fully saturated rings. The fraction of sp³-hybridized carbons (Fsp3) is 0.286. The van der Waals surface area contributed by atoms with Crippen molar-refractivity contribution in [1.82, 2.24) is 4.90 Å². The summed E-state index contributed by atoms with van der Waals surface area (Å²) in [6.07, 6.45) is 2.40. The van der Waals surface area contributed by atoms with Crippen molar-refractivity contribution in [3.8, 4) is 11.5 Å². The Hall–Kier alpha value is -2.34. The summed E-state index contributed by atoms with van der Waals surface area (Å²) in [4.78, 5) is 14.3. The van der Waals surface area contributed by atoms with Gasteiger partial charge in [-0.25, -0.2) is 4.39 Å². The number of rotatable bonds is 9. The fourth-order valence-electron chi connectivity index (χ4n) is 2.83. The number of ether oxygens (including phenoxy) is 2. The van der Waals surface area contributed by atoms with Crippen LogP contribution < -0.4 is 9.47 Å². The molecule has 27 heavy (non-hydrogen) atoms. The molecule has 0 aliphatic carbocycles. The Morgan fingerprint density at radius 1 is 1.22 bits per heavy atom. The highest BCUT2D eigenvalue weighted by Gasteiger charge is 2.17. The Bertz CT molecular complexity index is 810. The molecule has 0 atom stereocenters. The molecule has 2 aromatic carbocycles. The standard InChI is InChI=1S/C21H23BrFNO3/c1-4-12-24(14-16-13-17(22)9-10-18(16)23)20(25)11-8-15-6-5-7-19(26-2)21(15)27-3/h4-7,9-10,13H,1,8,11-12,14H2,2-3H3. The summed E-state index contributed by atoms with van der Waals surface area (Å²) < 4.78 is 25.5. The van der Waals surface area contributed by atoms with E-state index in [0.29, 0.717) is 30.0 Å². The highest BCUT2D eigenvalue weighted by atomic mass is 79.9. The minimum Gasteiger partial charge on any atom is -0.493 e. The van der Waals surface area contributed by atoms with Crippen LogP contribution in [0, 0.1) is 5.82 Å². The summed E-state index contributed by atoms with van der Waals surface area (Å²) in [6, 6.07) is 10.3. The highest BCUT2D eigenvalue weighted by Crippen LogP contribution is 2.31. The average Bonchev–Trinajstić information content (AvgIpc) is 2.67. The maximum atomic E-state index is 14.1. The van der Waals surface area contributed by atoms with Gasteiger partial charge in [0.1, 0.15) is 5.82 Å². The van der Waals surface area contributed by atoms with E-state index in [1.807, 2.05) is 18.2 Å². The molecule has 6 heteroatoms. The molecule has 4 nitrogen and oxygen atoms in total. The molecule has 0 saturated carbocycles. The second-order valence-corrected chi connectivity index (χ2v) is 6.87. The smallest absolute Gasteiger partial charge is 0.223 e. The predicted octanol–water partition coefficient (Wildman–Crippen LogP) is 4.75. The van der Waals surface area contributed by atoms with Gasteiger partial charge >= 0.3 is 0 Å². The summed E-state index contributed by atoms with van der Waals surface area (Å²) in [5.74, 6) is 0.830. The van der Waals surface area contributed by atoms with E-state index in [-0.39, 0.29) is 24.7 Å². The van der Waals surface area contributed by atoms with Crippen LogP contribution in [0.25, 0.3) is 0 Å². The molecular weight excluding hydrogens is 413 g/mol. The first-order valence-electron chi connectivity index (χ1n) is 8.52. The van der Waals surface area contributed by atoms with Crippen molar-refractivity contribution in [3.63, 3.8) is 0 Å². The lowest BCUT2D eigenvalue weighted by Crippen LogP contribution is -2.31. The maximum absolute atomic E-state index is 14.1. The Balaban J connectivity index is 2.11. The van der Waals surface area contributed by atoms with Gasteiger partial charge in [-0.15, -0.1) is 6.58 Å². The summed E-state index contributed by atoms with van der Waals surface area (Å²) in [6.45, 7) is 4.23. The number of nitrogens with zero attached hydrogens (tertiary/aromatic N) is 1. The Morgan fingerprint density at radius 2 is 2.00 bits per heavy atom. The second-order valence-electron chi connectivity index (χ2n) is 5.95. The number of halogens is 2. The van der Waals surface area contributed by atoms with E-state index in [2.05, 4.69) is 22.5 Å². The van der Waals surface area contributed by atoms with E-state index in [1.165, 1.54) is 6.07 Å². The van der Waals surface area contributed by atoms with Crippen molar-refractivity contribution in [1.29, 1.82) is 0 Å². The number of carbonyl (C=O) groups excluding carboxylic acids is 1. The summed E-state index contributed by atoms with van der Waals surface area (Å²) >= 11 is 3.34. The van der Waals surface area contributed by atoms with Gasteiger partial charge in [0.05, 0.1) is 14.2 Å². The van der Waals surface area contributed by atoms with Gasteiger partial charge < -0.3 is 14.4 Å². The highest BCUT2D eigenvalue weighted by molar-refractivity contribution is 9.10. The third kappa shape index (κ3) is 5.57. The summed E-state index contributed by atoms with van der Waals surface area (Å²) in [7, 11) is 3.15. The van der Waals surface area contributed by atoms with Gasteiger partial charge in [0, 0.05) is 29.5 Å². The zero-order valence-electron chi connectivity index (χ0n) is 15.5. The van der Waals surface area contributed by atoms with Gasteiger partial charge in [0.25, 0.3) is 0 Å². The first kappa shape index (κ1) is 21.0. The van der Waals surface area contributed by atoms with Gasteiger partial charge in [-0.1, -0.05) is 34.1 Å². The van der Waals surface area contributed by atoms with Crippen LogP contribution in [0.1, 0.15) is 17.5 Å². The fourth-order valence-corrected chi connectivity index (χ4v) is 3.24. The Morgan fingerprint density at radius 3 is 2.67 bits per heavy atom. The molecule has 2 aromatic rings. The van der Waals surface area contributed by atoms with Crippen molar-refractivity contribution < 1.29 is 18.7 Å². The van der Waals surface area contributed by atoms with Gasteiger partial charge in [-0.05, 0) is 36.2 Å². The molecule has 1 amide bonds. The van der Waals surface area contributed by atoms with Gasteiger partial charge in [-0.2, -0.15) is 0 Å². The van der Waals surface area contributed by atoms with E-state index in [0.717, 1.165) is 10.0 Å². The number of aryl methyl sites for hydroxylation is 1. The maximum Gasteiger partial charge on any atom is 0.223 e. The molecule has 0 aliphatic heterocycles. The van der Waals surface area contributed by atoms with E-state index in [9.17, 15) is 9.18 Å². The zero-order chi connectivity index (χ0) is 19.8. The first-order valence-corrected chi connectivity index (χ1v) is 9.32. The SMILES string of the molecule is C=CCN(Cc1cc(Br)ccc1F)C(=O)CCc1cccc(OC)c1OC. The molecule has 0 spiro atoms. The molecule has 2 rings (SSSR count). The molecule has 0 radical (unpaired) electrons. The number of hydrogen-bond acceptors (Lipinski definition) is 3. The van der Waals surface area contributed by atoms with Crippen LogP contribution in [0.4, 0.5) is 4.39 Å². The number of benzene rings is 2. The monoisotopic (exact) mass is 435 g/mol. The molecule has 0 bridgehead atoms. The topological polar surface area (TPSA) is 38.8 Å². The van der Waals surface area contributed by atoms with Crippen LogP contribution in [-0.2, 0) is 17.8 Å². The quantitative estimate of drug-likeness (QED) is 0.533. The lowest BCUT2D eigenvalue weighted by atomic mass is 10.1. The van der Waals surface area contributed by atoms with Gasteiger partial charge in [0.15, 0.2) is 11.5 Å². The van der Waals surface area contributed by atoms with E-state index in [1.54, 1.807) is 37.3 Å². The lowest BCUT2D eigenvalue weighted by Gasteiger charge is -2.22. The molecule has 0 aliphatic rings. The van der Waals surface area contributed by atoms with Gasteiger partial charge in [-0.3, -0.25) is 4.79 Å². The third-order valence-electron chi connectivity index (χ3n) is 4.16. The number of amides is 1. The predicted molar refractivity (Wildman–Crippen MR) is 108 cm³/mol. The minimum absolute atomic E-state index is 0.0841. The van der Waals surface area contributed by atoms with E-state index < -0.39 is 0 Å². The van der Waals surface area contributed by atoms with Crippen LogP contribution >= 0.6 is 15.9 Å². The molecule has 144 valence electrons. The summed E-state index contributed by atoms with van der Waals surface area (Å²) in [5.41, 5.74) is 1.34. The van der Waals surface area contributed by atoms with Crippen molar-refractivity contribution in [2.45, 2.75) is 19.4 Å². The van der Waals surface area contributed by atoms with Crippen LogP contribution in [0.15, 0.2) is 53.5 Å². The second kappa shape index (κ2) is 10.1. The van der Waals surface area contributed by atoms with Crippen LogP contribution in [-0.4, -0.2) is 31.6 Å². The minimum atomic E-state index is -0.338. The number of methoxy groups -OCH3 is 2. The number of carbonyl (C=O) groups is 1. The Labute approximate surface area is 167 Å². The molecule has 0 heterocycles. The Kier molecular flexibility index (Phi) is 7.85. The van der Waals surface area contributed by atoms with Crippen molar-refractivity contribution in [2.24, 2.45) is 0 Å².